The molecule has 3 aromatic rings. The molecular formula is C22H23N3O3. The summed E-state index contributed by atoms with van der Waals surface area (Å²) in [6.45, 7) is 1.21. The van der Waals surface area contributed by atoms with Crippen LogP contribution < -0.4 is 11.1 Å². The molecular weight excluding hydrogens is 354 g/mol. The third-order valence-corrected chi connectivity index (χ3v) is 5.23. The number of benzene rings is 2. The standard InChI is InChI=1S/C22H23N3O3/c23-19(11-17-14-28-20-8-4-3-7-18(17)20)22(27)24-12-21(26)25-10-9-15-5-1-2-6-16(15)13-25/h1-8,14,19H,9-13,23H2,(H,24,27). The first-order chi connectivity index (χ1) is 13.6. The summed E-state index contributed by atoms with van der Waals surface area (Å²) in [6, 6.07) is 15.0. The van der Waals surface area contributed by atoms with E-state index in [-0.39, 0.29) is 18.4 Å². The van der Waals surface area contributed by atoms with Crippen molar-refractivity contribution >= 4 is 22.8 Å². The zero-order valence-corrected chi connectivity index (χ0v) is 15.6. The van der Waals surface area contributed by atoms with E-state index in [2.05, 4.69) is 11.4 Å². The molecule has 0 saturated heterocycles. The Kier molecular flexibility index (Phi) is 5.12. The molecule has 1 aromatic heterocycles. The van der Waals surface area contributed by atoms with Gasteiger partial charge >= 0.3 is 0 Å². The number of fused-ring (bicyclic) bond motifs is 2. The van der Waals surface area contributed by atoms with Crippen molar-refractivity contribution in [1.82, 2.24) is 10.2 Å². The molecule has 3 N–H and O–H groups in total. The molecule has 0 aliphatic carbocycles. The molecule has 1 unspecified atom stereocenters. The number of carbonyl (C=O) groups excluding carboxylic acids is 2. The SMILES string of the molecule is NC(Cc1coc2ccccc12)C(=O)NCC(=O)N1CCc2ccccc2C1. The highest BCUT2D eigenvalue weighted by Gasteiger charge is 2.22. The lowest BCUT2D eigenvalue weighted by molar-refractivity contribution is -0.133. The summed E-state index contributed by atoms with van der Waals surface area (Å²) in [5, 5.41) is 3.63. The van der Waals surface area contributed by atoms with Gasteiger partial charge in [0, 0.05) is 30.5 Å². The lowest BCUT2D eigenvalue weighted by Crippen LogP contribution is -2.47. The summed E-state index contributed by atoms with van der Waals surface area (Å²) < 4.78 is 5.49. The van der Waals surface area contributed by atoms with E-state index in [4.69, 9.17) is 10.2 Å². The number of nitrogens with two attached hydrogens (primary N) is 1. The van der Waals surface area contributed by atoms with Gasteiger partial charge in [-0.3, -0.25) is 9.59 Å². The van der Waals surface area contributed by atoms with Gasteiger partial charge in [0.15, 0.2) is 0 Å². The zero-order valence-electron chi connectivity index (χ0n) is 15.6. The van der Waals surface area contributed by atoms with Crippen molar-refractivity contribution in [2.45, 2.75) is 25.4 Å². The molecule has 1 atom stereocenters. The summed E-state index contributed by atoms with van der Waals surface area (Å²) in [5.74, 6) is -0.431. The predicted octanol–water partition coefficient (Wildman–Crippen LogP) is 2.00. The highest BCUT2D eigenvalue weighted by molar-refractivity contribution is 5.88. The molecule has 0 bridgehead atoms. The maximum absolute atomic E-state index is 12.5. The van der Waals surface area contributed by atoms with Crippen LogP contribution in [0.5, 0.6) is 0 Å². The average molecular weight is 377 g/mol. The smallest absolute Gasteiger partial charge is 0.242 e. The van der Waals surface area contributed by atoms with Crippen LogP contribution in [0.3, 0.4) is 0 Å². The molecule has 4 rings (SSSR count). The zero-order chi connectivity index (χ0) is 19.5. The van der Waals surface area contributed by atoms with E-state index in [0.717, 1.165) is 28.5 Å². The Labute approximate surface area is 163 Å². The summed E-state index contributed by atoms with van der Waals surface area (Å²) in [7, 11) is 0. The van der Waals surface area contributed by atoms with Gasteiger partial charge < -0.3 is 20.4 Å². The largest absolute Gasteiger partial charge is 0.464 e. The molecule has 28 heavy (non-hydrogen) atoms. The van der Waals surface area contributed by atoms with Gasteiger partial charge in [-0.1, -0.05) is 42.5 Å². The van der Waals surface area contributed by atoms with Crippen molar-refractivity contribution in [3.63, 3.8) is 0 Å². The van der Waals surface area contributed by atoms with Gasteiger partial charge in [0.25, 0.3) is 0 Å². The third-order valence-electron chi connectivity index (χ3n) is 5.23. The van der Waals surface area contributed by atoms with E-state index in [1.807, 2.05) is 42.5 Å². The van der Waals surface area contributed by atoms with Crippen molar-refractivity contribution in [2.24, 2.45) is 5.73 Å². The van der Waals surface area contributed by atoms with Gasteiger partial charge in [0.05, 0.1) is 18.8 Å². The average Bonchev–Trinajstić information content (AvgIpc) is 3.14. The minimum atomic E-state index is -0.740. The van der Waals surface area contributed by atoms with Gasteiger partial charge in [-0.2, -0.15) is 0 Å². The quantitative estimate of drug-likeness (QED) is 0.712. The third kappa shape index (κ3) is 3.77. The number of hydrogen-bond donors (Lipinski definition) is 2. The first-order valence-corrected chi connectivity index (χ1v) is 9.45. The molecule has 1 aliphatic rings. The molecule has 6 heteroatoms. The Bertz CT molecular complexity index is 1010. The maximum atomic E-state index is 12.5. The van der Waals surface area contributed by atoms with Crippen LogP contribution in [0.1, 0.15) is 16.7 Å². The van der Waals surface area contributed by atoms with Crippen LogP contribution in [0.25, 0.3) is 11.0 Å². The van der Waals surface area contributed by atoms with Gasteiger partial charge in [-0.15, -0.1) is 0 Å². The van der Waals surface area contributed by atoms with Crippen molar-refractivity contribution in [3.05, 3.63) is 71.5 Å². The number of furan rings is 1. The Morgan fingerprint density at radius 3 is 2.71 bits per heavy atom. The normalized spacial score (nSPS) is 14.5. The van der Waals surface area contributed by atoms with Gasteiger partial charge in [0.1, 0.15) is 5.58 Å². The fourth-order valence-electron chi connectivity index (χ4n) is 3.63. The van der Waals surface area contributed by atoms with Crippen molar-refractivity contribution in [2.75, 3.05) is 13.1 Å². The molecule has 2 heterocycles. The molecule has 0 radical (unpaired) electrons. The Morgan fingerprint density at radius 1 is 1.11 bits per heavy atom. The van der Waals surface area contributed by atoms with Gasteiger partial charge in [0.2, 0.25) is 11.8 Å². The van der Waals surface area contributed by atoms with E-state index < -0.39 is 6.04 Å². The van der Waals surface area contributed by atoms with Crippen molar-refractivity contribution in [3.8, 4) is 0 Å². The highest BCUT2D eigenvalue weighted by atomic mass is 16.3. The predicted molar refractivity (Wildman–Crippen MR) is 106 cm³/mol. The number of hydrogen-bond acceptors (Lipinski definition) is 4. The number of carbonyl (C=O) groups is 2. The summed E-state index contributed by atoms with van der Waals surface area (Å²) in [4.78, 5) is 26.6. The molecule has 2 aromatic carbocycles. The fraction of sp³-hybridized carbons (Fsp3) is 0.273. The lowest BCUT2D eigenvalue weighted by atomic mass is 10.00. The molecule has 2 amide bonds. The van der Waals surface area contributed by atoms with E-state index in [0.29, 0.717) is 19.5 Å². The lowest BCUT2D eigenvalue weighted by Gasteiger charge is -2.29. The highest BCUT2D eigenvalue weighted by Crippen LogP contribution is 2.21. The second-order valence-corrected chi connectivity index (χ2v) is 7.12. The number of nitrogens with one attached hydrogen (secondary N) is 1. The Hall–Kier alpha value is -3.12. The van der Waals surface area contributed by atoms with E-state index in [1.165, 1.54) is 5.56 Å². The number of rotatable bonds is 5. The fourth-order valence-corrected chi connectivity index (χ4v) is 3.63. The van der Waals surface area contributed by atoms with Gasteiger partial charge in [-0.05, 0) is 23.6 Å². The number of amides is 2. The first kappa shape index (κ1) is 18.3. The maximum Gasteiger partial charge on any atom is 0.242 e. The second-order valence-electron chi connectivity index (χ2n) is 7.12. The summed E-state index contributed by atoms with van der Waals surface area (Å²) in [5.41, 5.74) is 10.2. The minimum Gasteiger partial charge on any atom is -0.464 e. The Balaban J connectivity index is 1.31. The minimum absolute atomic E-state index is 0.0408. The number of para-hydroxylation sites is 1. The van der Waals surface area contributed by atoms with Crippen LogP contribution in [0.2, 0.25) is 0 Å². The van der Waals surface area contributed by atoms with Crippen LogP contribution in [0.4, 0.5) is 0 Å². The molecule has 6 nitrogen and oxygen atoms in total. The van der Waals surface area contributed by atoms with Gasteiger partial charge in [-0.25, -0.2) is 0 Å². The molecule has 0 saturated carbocycles. The van der Waals surface area contributed by atoms with Crippen LogP contribution >= 0.6 is 0 Å². The number of nitrogens with zero attached hydrogens (tertiary/aromatic N) is 1. The second kappa shape index (κ2) is 7.86. The van der Waals surface area contributed by atoms with E-state index >= 15 is 0 Å². The first-order valence-electron chi connectivity index (χ1n) is 9.45. The van der Waals surface area contributed by atoms with Crippen molar-refractivity contribution < 1.29 is 14.0 Å². The van der Waals surface area contributed by atoms with Crippen LogP contribution in [0.15, 0.2) is 59.2 Å². The molecule has 144 valence electrons. The van der Waals surface area contributed by atoms with Crippen LogP contribution in [-0.2, 0) is 29.0 Å². The van der Waals surface area contributed by atoms with Crippen LogP contribution in [0, 0.1) is 0 Å². The van der Waals surface area contributed by atoms with Crippen LogP contribution in [-0.4, -0.2) is 35.8 Å². The molecule has 0 spiro atoms. The van der Waals surface area contributed by atoms with Crippen molar-refractivity contribution in [1.29, 1.82) is 0 Å². The summed E-state index contributed by atoms with van der Waals surface area (Å²) in [6.07, 6.45) is 2.82. The topological polar surface area (TPSA) is 88.6 Å². The summed E-state index contributed by atoms with van der Waals surface area (Å²) >= 11 is 0. The Morgan fingerprint density at radius 2 is 1.86 bits per heavy atom. The monoisotopic (exact) mass is 377 g/mol. The molecule has 1 aliphatic heterocycles. The van der Waals surface area contributed by atoms with E-state index in [9.17, 15) is 9.59 Å². The van der Waals surface area contributed by atoms with E-state index in [1.54, 1.807) is 11.2 Å². The molecule has 0 fully saturated rings.